The van der Waals surface area contributed by atoms with Crippen LogP contribution in [-0.4, -0.2) is 20.5 Å². The minimum atomic E-state index is -0.569. The maximum atomic E-state index is 12.0. The third-order valence-electron chi connectivity index (χ3n) is 3.54. The molecule has 0 atom stereocenters. The number of rotatable bonds is 7. The molecule has 3 rings (SSSR count). The smallest absolute Gasteiger partial charge is 0.312 e. The zero-order valence-electron chi connectivity index (χ0n) is 14.2. The van der Waals surface area contributed by atoms with Crippen molar-refractivity contribution >= 4 is 29.1 Å². The number of carbonyl (C=O) groups is 1. The summed E-state index contributed by atoms with van der Waals surface area (Å²) in [5.41, 5.74) is 0.106. The predicted octanol–water partition coefficient (Wildman–Crippen LogP) is 4.05. The Morgan fingerprint density at radius 2 is 2.19 bits per heavy atom. The van der Waals surface area contributed by atoms with Crippen molar-refractivity contribution in [2.24, 2.45) is 7.05 Å². The first-order chi connectivity index (χ1) is 12.9. The van der Waals surface area contributed by atoms with Crippen molar-refractivity contribution in [2.75, 3.05) is 0 Å². The molecule has 0 saturated carbocycles. The van der Waals surface area contributed by atoms with E-state index < -0.39 is 4.92 Å². The molecular weight excluding hydrogens is 374 g/mol. The minimum Gasteiger partial charge on any atom is -0.479 e. The van der Waals surface area contributed by atoms with E-state index in [1.54, 1.807) is 36.1 Å². The van der Waals surface area contributed by atoms with Gasteiger partial charge in [0.1, 0.15) is 23.8 Å². The van der Waals surface area contributed by atoms with Crippen LogP contribution in [0.3, 0.4) is 0 Å². The molecule has 2 heterocycles. The van der Waals surface area contributed by atoms with Crippen molar-refractivity contribution in [2.45, 2.75) is 6.61 Å². The Labute approximate surface area is 158 Å². The van der Waals surface area contributed by atoms with Gasteiger partial charge >= 0.3 is 5.69 Å². The van der Waals surface area contributed by atoms with Gasteiger partial charge in [-0.2, -0.15) is 5.10 Å². The molecular formula is C18H14ClN3O5. The highest BCUT2D eigenvalue weighted by Gasteiger charge is 2.16. The topological polar surface area (TPSA) is 100 Å². The van der Waals surface area contributed by atoms with E-state index >= 15 is 0 Å². The van der Waals surface area contributed by atoms with Gasteiger partial charge in [-0.05, 0) is 42.5 Å². The number of hydrogen-bond acceptors (Lipinski definition) is 6. The molecule has 0 aliphatic rings. The molecule has 9 heteroatoms. The second-order valence-corrected chi connectivity index (χ2v) is 5.97. The Morgan fingerprint density at radius 3 is 2.89 bits per heavy atom. The standard InChI is InChI=1S/C18H14ClN3O5/c1-21-9-8-15(20-21)17(23)6-5-13-3-4-14(27-13)11-26-18-7-2-12(19)10-16(18)22(24)25/h2-10H,11H2,1H3/b6-5+. The lowest BCUT2D eigenvalue weighted by molar-refractivity contribution is -0.385. The largest absolute Gasteiger partial charge is 0.479 e. The molecule has 0 aliphatic carbocycles. The van der Waals surface area contributed by atoms with E-state index in [2.05, 4.69) is 5.10 Å². The summed E-state index contributed by atoms with van der Waals surface area (Å²) < 4.78 is 12.5. The molecule has 0 amide bonds. The summed E-state index contributed by atoms with van der Waals surface area (Å²) in [6.07, 6.45) is 4.56. The SMILES string of the molecule is Cn1ccc(C(=O)/C=C/c2ccc(COc3ccc(Cl)cc3[N+](=O)[O-])o2)n1. The van der Waals surface area contributed by atoms with Gasteiger partial charge in [0, 0.05) is 24.3 Å². The van der Waals surface area contributed by atoms with E-state index in [0.29, 0.717) is 17.2 Å². The summed E-state index contributed by atoms with van der Waals surface area (Å²) >= 11 is 5.77. The van der Waals surface area contributed by atoms with Crippen LogP contribution >= 0.6 is 11.6 Å². The fourth-order valence-electron chi connectivity index (χ4n) is 2.26. The molecule has 138 valence electrons. The number of nitro groups is 1. The number of nitrogens with zero attached hydrogens (tertiary/aromatic N) is 3. The maximum Gasteiger partial charge on any atom is 0.312 e. The lowest BCUT2D eigenvalue weighted by Crippen LogP contribution is -1.98. The molecule has 3 aromatic rings. The average Bonchev–Trinajstić information content (AvgIpc) is 3.27. The van der Waals surface area contributed by atoms with Gasteiger partial charge in [0.15, 0.2) is 5.75 Å². The minimum absolute atomic E-state index is 0.00942. The Bertz CT molecular complexity index is 1020. The van der Waals surface area contributed by atoms with E-state index in [0.717, 1.165) is 0 Å². The summed E-state index contributed by atoms with van der Waals surface area (Å²) in [6, 6.07) is 9.09. The highest BCUT2D eigenvalue weighted by Crippen LogP contribution is 2.30. The molecule has 0 spiro atoms. The van der Waals surface area contributed by atoms with Crippen LogP contribution in [0.4, 0.5) is 5.69 Å². The number of halogens is 1. The second kappa shape index (κ2) is 7.88. The third kappa shape index (κ3) is 4.62. The number of aromatic nitrogens is 2. The van der Waals surface area contributed by atoms with Gasteiger partial charge in [-0.1, -0.05) is 11.6 Å². The van der Waals surface area contributed by atoms with E-state index in [4.69, 9.17) is 20.8 Å². The van der Waals surface area contributed by atoms with Gasteiger partial charge in [0.25, 0.3) is 0 Å². The van der Waals surface area contributed by atoms with Crippen LogP contribution in [0.15, 0.2) is 53.1 Å². The number of furan rings is 1. The van der Waals surface area contributed by atoms with Crippen molar-refractivity contribution in [1.82, 2.24) is 9.78 Å². The Hall–Kier alpha value is -3.39. The highest BCUT2D eigenvalue weighted by molar-refractivity contribution is 6.30. The van der Waals surface area contributed by atoms with Crippen LogP contribution in [0.5, 0.6) is 5.75 Å². The molecule has 0 unspecified atom stereocenters. The second-order valence-electron chi connectivity index (χ2n) is 5.53. The zero-order valence-corrected chi connectivity index (χ0v) is 14.9. The number of carbonyl (C=O) groups excluding carboxylic acids is 1. The van der Waals surface area contributed by atoms with Crippen LogP contribution in [0.1, 0.15) is 22.0 Å². The molecule has 0 bridgehead atoms. The van der Waals surface area contributed by atoms with Gasteiger partial charge in [-0.3, -0.25) is 19.6 Å². The molecule has 0 aliphatic heterocycles. The maximum absolute atomic E-state index is 12.0. The normalized spacial score (nSPS) is 11.0. The number of hydrogen-bond donors (Lipinski definition) is 0. The van der Waals surface area contributed by atoms with E-state index in [-0.39, 0.29) is 28.8 Å². The van der Waals surface area contributed by atoms with Gasteiger partial charge in [0.2, 0.25) is 5.78 Å². The van der Waals surface area contributed by atoms with Crippen molar-refractivity contribution in [3.63, 3.8) is 0 Å². The fraction of sp³-hybridized carbons (Fsp3) is 0.111. The van der Waals surface area contributed by atoms with Crippen molar-refractivity contribution < 1.29 is 18.9 Å². The number of allylic oxidation sites excluding steroid dienone is 1. The van der Waals surface area contributed by atoms with Gasteiger partial charge in [0.05, 0.1) is 4.92 Å². The average molecular weight is 388 g/mol. The quantitative estimate of drug-likeness (QED) is 0.262. The fourth-order valence-corrected chi connectivity index (χ4v) is 2.42. The van der Waals surface area contributed by atoms with Crippen LogP contribution in [0, 0.1) is 10.1 Å². The lowest BCUT2D eigenvalue weighted by Gasteiger charge is -2.05. The summed E-state index contributed by atoms with van der Waals surface area (Å²) in [5.74, 6) is 0.734. The highest BCUT2D eigenvalue weighted by atomic mass is 35.5. The van der Waals surface area contributed by atoms with Crippen LogP contribution in [-0.2, 0) is 13.7 Å². The zero-order chi connectivity index (χ0) is 19.4. The van der Waals surface area contributed by atoms with Gasteiger partial charge in [-0.25, -0.2) is 0 Å². The first-order valence-electron chi connectivity index (χ1n) is 7.80. The molecule has 2 aromatic heterocycles. The monoisotopic (exact) mass is 387 g/mol. The lowest BCUT2D eigenvalue weighted by atomic mass is 10.2. The molecule has 27 heavy (non-hydrogen) atoms. The van der Waals surface area contributed by atoms with Crippen LogP contribution < -0.4 is 4.74 Å². The van der Waals surface area contributed by atoms with Crippen molar-refractivity contribution in [1.29, 1.82) is 0 Å². The first-order valence-corrected chi connectivity index (χ1v) is 8.17. The first kappa shape index (κ1) is 18.4. The third-order valence-corrected chi connectivity index (χ3v) is 3.77. The Kier molecular flexibility index (Phi) is 5.37. The summed E-state index contributed by atoms with van der Waals surface area (Å²) in [5, 5.41) is 15.3. The van der Waals surface area contributed by atoms with E-state index in [1.807, 2.05) is 0 Å². The summed E-state index contributed by atoms with van der Waals surface area (Å²) in [7, 11) is 1.73. The number of benzene rings is 1. The Morgan fingerprint density at radius 1 is 1.37 bits per heavy atom. The summed E-state index contributed by atoms with van der Waals surface area (Å²) in [6.45, 7) is -0.00942. The number of ether oxygens (including phenoxy) is 1. The number of nitro benzene ring substituents is 1. The van der Waals surface area contributed by atoms with Crippen molar-refractivity contribution in [3.8, 4) is 5.75 Å². The number of ketones is 1. The van der Waals surface area contributed by atoms with E-state index in [1.165, 1.54) is 30.4 Å². The number of aryl methyl sites for hydroxylation is 1. The summed E-state index contributed by atoms with van der Waals surface area (Å²) in [4.78, 5) is 22.5. The van der Waals surface area contributed by atoms with Crippen molar-refractivity contribution in [3.05, 3.63) is 81.0 Å². The Balaban J connectivity index is 1.64. The molecule has 0 saturated heterocycles. The van der Waals surface area contributed by atoms with Crippen LogP contribution in [0.25, 0.3) is 6.08 Å². The van der Waals surface area contributed by atoms with Crippen LogP contribution in [0.2, 0.25) is 5.02 Å². The van der Waals surface area contributed by atoms with Gasteiger partial charge < -0.3 is 9.15 Å². The molecule has 0 fully saturated rings. The predicted molar refractivity (Wildman–Crippen MR) is 97.7 cm³/mol. The molecule has 1 aromatic carbocycles. The van der Waals surface area contributed by atoms with Gasteiger partial charge in [-0.15, -0.1) is 0 Å². The van der Waals surface area contributed by atoms with E-state index in [9.17, 15) is 14.9 Å². The molecule has 0 radical (unpaired) electrons. The molecule has 0 N–H and O–H groups in total. The molecule has 8 nitrogen and oxygen atoms in total.